The number of aromatic nitrogens is 2. The number of ether oxygens (including phenoxy) is 1. The molecule has 1 aliphatic rings. The summed E-state index contributed by atoms with van der Waals surface area (Å²) >= 11 is 0. The lowest BCUT2D eigenvalue weighted by atomic mass is 10.0. The average molecular weight is 489 g/mol. The van der Waals surface area contributed by atoms with Crippen LogP contribution in [-0.2, 0) is 6.18 Å². The van der Waals surface area contributed by atoms with Gasteiger partial charge in [0.15, 0.2) is 0 Å². The van der Waals surface area contributed by atoms with Crippen LogP contribution in [0.4, 0.5) is 29.2 Å². The van der Waals surface area contributed by atoms with Crippen molar-refractivity contribution >= 4 is 17.5 Å². The highest BCUT2D eigenvalue weighted by Crippen LogP contribution is 2.36. The van der Waals surface area contributed by atoms with Crippen LogP contribution in [0.25, 0.3) is 11.1 Å². The van der Waals surface area contributed by atoms with Gasteiger partial charge in [-0.25, -0.2) is 14.4 Å². The number of hydrogen-bond acceptors (Lipinski definition) is 6. The van der Waals surface area contributed by atoms with Gasteiger partial charge in [-0.05, 0) is 48.9 Å². The van der Waals surface area contributed by atoms with Crippen LogP contribution in [0.3, 0.4) is 0 Å². The lowest BCUT2D eigenvalue weighted by molar-refractivity contribution is -0.137. The van der Waals surface area contributed by atoms with Crippen molar-refractivity contribution in [3.63, 3.8) is 0 Å². The maximum absolute atomic E-state index is 14.6. The maximum atomic E-state index is 14.6. The Balaban J connectivity index is 1.63. The van der Waals surface area contributed by atoms with E-state index in [4.69, 9.17) is 10.5 Å². The van der Waals surface area contributed by atoms with Gasteiger partial charge in [0.2, 0.25) is 5.95 Å². The fourth-order valence-corrected chi connectivity index (χ4v) is 3.82. The molecule has 0 aliphatic carbocycles. The maximum Gasteiger partial charge on any atom is 0.416 e. The zero-order chi connectivity index (χ0) is 25.2. The number of halogens is 4. The number of benzene rings is 2. The average Bonchev–Trinajstić information content (AvgIpc) is 3.28. The third-order valence-electron chi connectivity index (χ3n) is 5.74. The second kappa shape index (κ2) is 9.87. The number of likely N-dealkylation sites (tertiary alicyclic amines) is 1. The number of rotatable bonds is 6. The summed E-state index contributed by atoms with van der Waals surface area (Å²) in [5, 5.41) is 2.40. The number of nitrogen functional groups attached to an aromatic ring is 1. The van der Waals surface area contributed by atoms with Crippen LogP contribution >= 0.6 is 0 Å². The molecule has 11 heteroatoms. The van der Waals surface area contributed by atoms with E-state index in [1.54, 1.807) is 0 Å². The first-order chi connectivity index (χ1) is 16.6. The minimum Gasteiger partial charge on any atom is -0.487 e. The van der Waals surface area contributed by atoms with Crippen LogP contribution in [0.5, 0.6) is 5.75 Å². The number of anilines is 2. The molecule has 3 N–H and O–H groups in total. The summed E-state index contributed by atoms with van der Waals surface area (Å²) in [6, 6.07) is 6.63. The number of nitrogens with one attached hydrogen (secondary N) is 1. The van der Waals surface area contributed by atoms with E-state index in [0.29, 0.717) is 24.1 Å². The molecule has 0 bridgehead atoms. The van der Waals surface area contributed by atoms with Gasteiger partial charge in [-0.1, -0.05) is 13.0 Å². The minimum absolute atomic E-state index is 0.0511. The number of carbonyl (C=O) groups excluding carboxylic acids is 1. The Morgan fingerprint density at radius 1 is 1.17 bits per heavy atom. The molecule has 1 amide bonds. The second-order valence-electron chi connectivity index (χ2n) is 8.11. The molecule has 7 nitrogen and oxygen atoms in total. The molecule has 1 aromatic heterocycles. The van der Waals surface area contributed by atoms with Crippen LogP contribution in [0.15, 0.2) is 48.8 Å². The van der Waals surface area contributed by atoms with E-state index in [2.05, 4.69) is 20.2 Å². The van der Waals surface area contributed by atoms with Crippen molar-refractivity contribution < 1.29 is 27.1 Å². The molecular weight excluding hydrogens is 466 g/mol. The Hall–Kier alpha value is -3.73. The molecule has 1 atom stereocenters. The van der Waals surface area contributed by atoms with Crippen molar-refractivity contribution in [3.8, 4) is 16.9 Å². The molecule has 0 unspecified atom stereocenters. The number of likely N-dealkylation sites (N-methyl/N-ethyl adjacent to an activating group) is 1. The highest BCUT2D eigenvalue weighted by Gasteiger charge is 2.32. The Kier molecular flexibility index (Phi) is 6.88. The van der Waals surface area contributed by atoms with E-state index in [-0.39, 0.29) is 29.1 Å². The number of alkyl halides is 3. The molecule has 35 heavy (non-hydrogen) atoms. The summed E-state index contributed by atoms with van der Waals surface area (Å²) in [5.74, 6) is -1.63. The molecule has 1 saturated heterocycles. The van der Waals surface area contributed by atoms with Gasteiger partial charge in [0.1, 0.15) is 17.7 Å². The molecule has 0 radical (unpaired) electrons. The molecule has 0 spiro atoms. The van der Waals surface area contributed by atoms with Gasteiger partial charge in [0.25, 0.3) is 5.91 Å². The number of nitrogens with two attached hydrogens (primary N) is 1. The van der Waals surface area contributed by atoms with Crippen molar-refractivity contribution in [2.24, 2.45) is 0 Å². The van der Waals surface area contributed by atoms with Crippen molar-refractivity contribution in [2.45, 2.75) is 25.6 Å². The fourth-order valence-electron chi connectivity index (χ4n) is 3.82. The fraction of sp³-hybridized carbons (Fsp3) is 0.292. The summed E-state index contributed by atoms with van der Waals surface area (Å²) in [4.78, 5) is 22.9. The van der Waals surface area contributed by atoms with E-state index < -0.39 is 23.5 Å². The minimum atomic E-state index is -4.63. The van der Waals surface area contributed by atoms with E-state index in [1.165, 1.54) is 30.6 Å². The Morgan fingerprint density at radius 2 is 1.91 bits per heavy atom. The Morgan fingerprint density at radius 3 is 2.57 bits per heavy atom. The Bertz CT molecular complexity index is 1220. The first kappa shape index (κ1) is 24.4. The van der Waals surface area contributed by atoms with E-state index in [0.717, 1.165) is 31.3 Å². The summed E-state index contributed by atoms with van der Waals surface area (Å²) in [7, 11) is 0. The molecule has 1 aliphatic heterocycles. The second-order valence-corrected chi connectivity index (χ2v) is 8.11. The van der Waals surface area contributed by atoms with E-state index in [1.807, 2.05) is 6.92 Å². The number of nitrogens with zero attached hydrogens (tertiary/aromatic N) is 3. The molecule has 184 valence electrons. The van der Waals surface area contributed by atoms with Crippen LogP contribution < -0.4 is 15.8 Å². The number of carbonyl (C=O) groups is 1. The standard InChI is InChI=1S/C24H23F4N5O2/c1-2-33-8-7-17(13-33)35-21-6-4-16(24(26,27)28)10-20(21)32-22(34)18-9-14(3-5-19(18)25)15-11-30-23(29)31-12-15/h3-6,9-12,17H,2,7-8,13H2,1H3,(H,32,34)(H2,29,30,31)/t17-/m1/s1. The molecule has 2 aromatic carbocycles. The highest BCUT2D eigenvalue weighted by molar-refractivity contribution is 6.06. The predicted molar refractivity (Wildman–Crippen MR) is 122 cm³/mol. The lowest BCUT2D eigenvalue weighted by Crippen LogP contribution is -2.25. The summed E-state index contributed by atoms with van der Waals surface area (Å²) in [6.45, 7) is 4.25. The van der Waals surface area contributed by atoms with Gasteiger partial charge in [-0.2, -0.15) is 13.2 Å². The highest BCUT2D eigenvalue weighted by atomic mass is 19.4. The van der Waals surface area contributed by atoms with Crippen molar-refractivity contribution in [2.75, 3.05) is 30.7 Å². The first-order valence-electron chi connectivity index (χ1n) is 10.9. The Labute approximate surface area is 198 Å². The number of hydrogen-bond donors (Lipinski definition) is 2. The molecule has 2 heterocycles. The smallest absolute Gasteiger partial charge is 0.416 e. The molecule has 0 saturated carbocycles. The van der Waals surface area contributed by atoms with Crippen LogP contribution in [0, 0.1) is 5.82 Å². The van der Waals surface area contributed by atoms with E-state index >= 15 is 0 Å². The molecule has 4 rings (SSSR count). The van der Waals surface area contributed by atoms with Crippen LogP contribution in [0.2, 0.25) is 0 Å². The number of amides is 1. The van der Waals surface area contributed by atoms with Crippen molar-refractivity contribution in [3.05, 3.63) is 65.7 Å². The SMILES string of the molecule is CCN1CC[C@@H](Oc2ccc(C(F)(F)F)cc2NC(=O)c2cc(-c3cnc(N)nc3)ccc2F)C1. The van der Waals surface area contributed by atoms with Gasteiger partial charge < -0.3 is 15.8 Å². The van der Waals surface area contributed by atoms with Crippen LogP contribution in [0.1, 0.15) is 29.3 Å². The third-order valence-corrected chi connectivity index (χ3v) is 5.74. The van der Waals surface area contributed by atoms with Gasteiger partial charge >= 0.3 is 6.18 Å². The third kappa shape index (κ3) is 5.68. The normalized spacial score (nSPS) is 16.3. The van der Waals surface area contributed by atoms with Crippen molar-refractivity contribution in [1.29, 1.82) is 0 Å². The van der Waals surface area contributed by atoms with Gasteiger partial charge in [0, 0.05) is 31.0 Å². The topological polar surface area (TPSA) is 93.4 Å². The molecule has 3 aromatic rings. The van der Waals surface area contributed by atoms with Gasteiger partial charge in [0.05, 0.1) is 16.8 Å². The summed E-state index contributed by atoms with van der Waals surface area (Å²) < 4.78 is 60.5. The van der Waals surface area contributed by atoms with Crippen molar-refractivity contribution in [1.82, 2.24) is 14.9 Å². The van der Waals surface area contributed by atoms with Gasteiger partial charge in [-0.3, -0.25) is 9.69 Å². The lowest BCUT2D eigenvalue weighted by Gasteiger charge is -2.19. The van der Waals surface area contributed by atoms with E-state index in [9.17, 15) is 22.4 Å². The molecule has 1 fully saturated rings. The van der Waals surface area contributed by atoms with Gasteiger partial charge in [-0.15, -0.1) is 0 Å². The monoisotopic (exact) mass is 489 g/mol. The zero-order valence-corrected chi connectivity index (χ0v) is 18.8. The quantitative estimate of drug-likeness (QED) is 0.492. The predicted octanol–water partition coefficient (Wildman–Crippen LogP) is 4.61. The van der Waals surface area contributed by atoms with Crippen LogP contribution in [-0.4, -0.2) is 46.5 Å². The summed E-state index contributed by atoms with van der Waals surface area (Å²) in [6.07, 6.45) is -1.35. The first-order valence-corrected chi connectivity index (χ1v) is 10.9. The summed E-state index contributed by atoms with van der Waals surface area (Å²) in [5.41, 5.74) is 4.88. The molecular formula is C24H23F4N5O2. The largest absolute Gasteiger partial charge is 0.487 e. The zero-order valence-electron chi connectivity index (χ0n) is 18.8.